The second-order valence-corrected chi connectivity index (χ2v) is 5.92. The molecule has 1 aliphatic rings. The first-order valence-electron chi connectivity index (χ1n) is 7.24. The van der Waals surface area contributed by atoms with E-state index in [1.54, 1.807) is 12.4 Å². The van der Waals surface area contributed by atoms with Gasteiger partial charge in [0.1, 0.15) is 5.54 Å². The Kier molecular flexibility index (Phi) is 4.50. The van der Waals surface area contributed by atoms with Crippen molar-refractivity contribution >= 4 is 12.0 Å². The van der Waals surface area contributed by atoms with Crippen molar-refractivity contribution in [2.45, 2.75) is 51.1 Å². The molecule has 1 saturated carbocycles. The van der Waals surface area contributed by atoms with E-state index >= 15 is 0 Å². The lowest BCUT2D eigenvalue weighted by Crippen LogP contribution is -2.58. The number of aliphatic carboxylic acids is 1. The zero-order valence-corrected chi connectivity index (χ0v) is 12.3. The van der Waals surface area contributed by atoms with Crippen LogP contribution in [0.2, 0.25) is 0 Å². The molecular formula is C14H22N4O3. The van der Waals surface area contributed by atoms with E-state index in [2.05, 4.69) is 27.8 Å². The molecule has 1 aromatic heterocycles. The summed E-state index contributed by atoms with van der Waals surface area (Å²) < 4.78 is 0. The van der Waals surface area contributed by atoms with E-state index in [-0.39, 0.29) is 6.04 Å². The minimum Gasteiger partial charge on any atom is -0.480 e. The lowest BCUT2D eigenvalue weighted by molar-refractivity contribution is -0.146. The predicted octanol–water partition coefficient (Wildman–Crippen LogP) is 1.80. The van der Waals surface area contributed by atoms with Crippen LogP contribution in [0, 0.1) is 5.92 Å². The van der Waals surface area contributed by atoms with Gasteiger partial charge in [0, 0.05) is 11.8 Å². The van der Waals surface area contributed by atoms with Crippen molar-refractivity contribution in [2.75, 3.05) is 0 Å². The molecule has 21 heavy (non-hydrogen) atoms. The van der Waals surface area contributed by atoms with Crippen molar-refractivity contribution in [2.24, 2.45) is 5.92 Å². The third-order valence-corrected chi connectivity index (χ3v) is 4.26. The average Bonchev–Trinajstić information content (AvgIpc) is 2.95. The minimum atomic E-state index is -1.15. The Morgan fingerprint density at radius 1 is 1.48 bits per heavy atom. The summed E-state index contributed by atoms with van der Waals surface area (Å²) in [5.74, 6) is -0.451. The molecule has 0 saturated heterocycles. The van der Waals surface area contributed by atoms with Crippen LogP contribution in [0.4, 0.5) is 4.79 Å². The van der Waals surface area contributed by atoms with Crippen molar-refractivity contribution in [1.29, 1.82) is 0 Å². The second kappa shape index (κ2) is 6.15. The molecule has 0 spiro atoms. The fraction of sp³-hybridized carbons (Fsp3) is 0.643. The van der Waals surface area contributed by atoms with Gasteiger partial charge >= 0.3 is 12.0 Å². The molecule has 1 atom stereocenters. The van der Waals surface area contributed by atoms with Crippen molar-refractivity contribution in [3.05, 3.63) is 18.0 Å². The van der Waals surface area contributed by atoms with Crippen LogP contribution in [0.5, 0.6) is 0 Å². The van der Waals surface area contributed by atoms with Gasteiger partial charge in [0.15, 0.2) is 0 Å². The highest BCUT2D eigenvalue weighted by atomic mass is 16.4. The molecule has 7 nitrogen and oxygen atoms in total. The van der Waals surface area contributed by atoms with Crippen LogP contribution in [0.1, 0.15) is 51.1 Å². The molecule has 7 heteroatoms. The van der Waals surface area contributed by atoms with Crippen LogP contribution >= 0.6 is 0 Å². The highest BCUT2D eigenvalue weighted by Gasteiger charge is 2.42. The SMILES string of the molecule is CC1CCC(NC(=O)NC(C)c2cn[nH]c2)(C(=O)O)CC1. The Morgan fingerprint density at radius 3 is 2.67 bits per heavy atom. The van der Waals surface area contributed by atoms with Crippen LogP contribution in [-0.4, -0.2) is 32.8 Å². The summed E-state index contributed by atoms with van der Waals surface area (Å²) in [7, 11) is 0. The first-order chi connectivity index (χ1) is 9.93. The number of carboxylic acid groups (broad SMARTS) is 1. The number of hydrogen-bond donors (Lipinski definition) is 4. The number of urea groups is 1. The number of H-pyrrole nitrogens is 1. The van der Waals surface area contributed by atoms with Crippen LogP contribution < -0.4 is 10.6 Å². The molecule has 0 bridgehead atoms. The van der Waals surface area contributed by atoms with E-state index in [1.165, 1.54) is 0 Å². The first-order valence-corrected chi connectivity index (χ1v) is 7.24. The molecule has 0 aromatic carbocycles. The van der Waals surface area contributed by atoms with Gasteiger partial charge < -0.3 is 15.7 Å². The van der Waals surface area contributed by atoms with Crippen molar-refractivity contribution in [3.63, 3.8) is 0 Å². The lowest BCUT2D eigenvalue weighted by atomic mass is 9.77. The maximum absolute atomic E-state index is 12.1. The van der Waals surface area contributed by atoms with E-state index in [0.29, 0.717) is 18.8 Å². The number of rotatable bonds is 4. The normalized spacial score (nSPS) is 26.9. The molecule has 0 radical (unpaired) electrons. The molecule has 2 rings (SSSR count). The van der Waals surface area contributed by atoms with Gasteiger partial charge in [-0.3, -0.25) is 5.10 Å². The smallest absolute Gasteiger partial charge is 0.329 e. The number of nitrogens with one attached hydrogen (secondary N) is 3. The summed E-state index contributed by atoms with van der Waals surface area (Å²) >= 11 is 0. The highest BCUT2D eigenvalue weighted by Crippen LogP contribution is 2.32. The van der Waals surface area contributed by atoms with Gasteiger partial charge in [-0.15, -0.1) is 0 Å². The predicted molar refractivity (Wildman–Crippen MR) is 76.7 cm³/mol. The number of nitrogens with zero attached hydrogens (tertiary/aromatic N) is 1. The fourth-order valence-corrected chi connectivity index (χ4v) is 2.68. The molecule has 2 amide bonds. The molecule has 1 heterocycles. The topological polar surface area (TPSA) is 107 Å². The molecule has 1 aliphatic carbocycles. The number of aromatic nitrogens is 2. The molecule has 4 N–H and O–H groups in total. The Labute approximate surface area is 123 Å². The van der Waals surface area contributed by atoms with Gasteiger partial charge in [-0.2, -0.15) is 5.10 Å². The average molecular weight is 294 g/mol. The summed E-state index contributed by atoms with van der Waals surface area (Å²) in [6.45, 7) is 3.92. The van der Waals surface area contributed by atoms with E-state index in [4.69, 9.17) is 0 Å². The molecule has 1 aromatic rings. The summed E-state index contributed by atoms with van der Waals surface area (Å²) in [6, 6.07) is -0.697. The largest absolute Gasteiger partial charge is 0.480 e. The molecule has 1 unspecified atom stereocenters. The molecule has 0 aliphatic heterocycles. The Balaban J connectivity index is 1.97. The van der Waals surface area contributed by atoms with E-state index in [0.717, 1.165) is 18.4 Å². The van der Waals surface area contributed by atoms with Crippen LogP contribution in [0.15, 0.2) is 12.4 Å². The number of amides is 2. The Morgan fingerprint density at radius 2 is 2.14 bits per heavy atom. The van der Waals surface area contributed by atoms with Gasteiger partial charge in [-0.1, -0.05) is 6.92 Å². The van der Waals surface area contributed by atoms with Gasteiger partial charge in [0.25, 0.3) is 0 Å². The Bertz CT molecular complexity index is 492. The monoisotopic (exact) mass is 294 g/mol. The summed E-state index contributed by atoms with van der Waals surface area (Å²) in [6.07, 6.45) is 5.88. The maximum Gasteiger partial charge on any atom is 0.329 e. The van der Waals surface area contributed by atoms with Gasteiger partial charge in [0.05, 0.1) is 12.2 Å². The molecule has 116 valence electrons. The zero-order valence-electron chi connectivity index (χ0n) is 12.3. The van der Waals surface area contributed by atoms with Crippen molar-refractivity contribution in [3.8, 4) is 0 Å². The number of hydrogen-bond acceptors (Lipinski definition) is 3. The third-order valence-electron chi connectivity index (χ3n) is 4.26. The summed E-state index contributed by atoms with van der Waals surface area (Å²) in [5, 5.41) is 21.4. The van der Waals surface area contributed by atoms with Gasteiger partial charge in [-0.25, -0.2) is 9.59 Å². The van der Waals surface area contributed by atoms with E-state index in [9.17, 15) is 14.7 Å². The van der Waals surface area contributed by atoms with Crippen LogP contribution in [0.3, 0.4) is 0 Å². The highest BCUT2D eigenvalue weighted by molar-refractivity contribution is 5.86. The van der Waals surface area contributed by atoms with Crippen molar-refractivity contribution < 1.29 is 14.7 Å². The zero-order chi connectivity index (χ0) is 15.5. The quantitative estimate of drug-likeness (QED) is 0.679. The Hall–Kier alpha value is -2.05. The number of carboxylic acids is 1. The molecule has 1 fully saturated rings. The third kappa shape index (κ3) is 3.53. The summed E-state index contributed by atoms with van der Waals surface area (Å²) in [4.78, 5) is 23.7. The maximum atomic E-state index is 12.1. The van der Waals surface area contributed by atoms with Crippen LogP contribution in [-0.2, 0) is 4.79 Å². The van der Waals surface area contributed by atoms with Gasteiger partial charge in [0.2, 0.25) is 0 Å². The standard InChI is InChI=1S/C14H22N4O3/c1-9-3-5-14(6-4-9,12(19)20)18-13(21)17-10(2)11-7-15-16-8-11/h7-10H,3-6H2,1-2H3,(H,15,16)(H,19,20)(H2,17,18,21). The van der Waals surface area contributed by atoms with E-state index in [1.807, 2.05) is 6.92 Å². The minimum absolute atomic E-state index is 0.239. The summed E-state index contributed by atoms with van der Waals surface area (Å²) in [5.41, 5.74) is -0.306. The van der Waals surface area contributed by atoms with E-state index < -0.39 is 17.5 Å². The second-order valence-electron chi connectivity index (χ2n) is 5.92. The lowest BCUT2D eigenvalue weighted by Gasteiger charge is -2.36. The molecular weight excluding hydrogens is 272 g/mol. The van der Waals surface area contributed by atoms with Crippen molar-refractivity contribution in [1.82, 2.24) is 20.8 Å². The van der Waals surface area contributed by atoms with Crippen LogP contribution in [0.25, 0.3) is 0 Å². The van der Waals surface area contributed by atoms with Gasteiger partial charge in [-0.05, 0) is 38.5 Å². The fourth-order valence-electron chi connectivity index (χ4n) is 2.68. The number of aromatic amines is 1. The first kappa shape index (κ1) is 15.3. The number of carbonyl (C=O) groups excluding carboxylic acids is 1. The number of carbonyl (C=O) groups is 2.